The Labute approximate surface area is 73.8 Å². The zero-order valence-corrected chi connectivity index (χ0v) is 8.18. The molecule has 0 saturated carbocycles. The number of likely N-dealkylation sites (tertiary alicyclic amines) is 1. The predicted octanol–water partition coefficient (Wildman–Crippen LogP) is -0.383. The molecule has 1 heterocycles. The van der Waals surface area contributed by atoms with Crippen molar-refractivity contribution in [1.29, 1.82) is 0 Å². The van der Waals surface area contributed by atoms with Gasteiger partial charge in [-0.2, -0.15) is 0 Å². The average Bonchev–Trinajstić information content (AvgIpc) is 2.32. The van der Waals surface area contributed by atoms with Crippen LogP contribution in [0.4, 0.5) is 0 Å². The number of primary sulfonamides is 1. The molecule has 0 bridgehead atoms. The quantitative estimate of drug-likeness (QED) is 0.663. The standard InChI is InChI=1S/C7H16N2O2S/c1-2-9-4-3-7(5-9)6-12(8,10)11/h7H,2-6H2,1H3,(H2,8,10,11). The van der Waals surface area contributed by atoms with Crippen LogP contribution >= 0.6 is 0 Å². The lowest BCUT2D eigenvalue weighted by molar-refractivity contribution is 0.347. The van der Waals surface area contributed by atoms with Crippen molar-refractivity contribution in [3.8, 4) is 0 Å². The van der Waals surface area contributed by atoms with Crippen LogP contribution in [0, 0.1) is 5.92 Å². The summed E-state index contributed by atoms with van der Waals surface area (Å²) < 4.78 is 21.5. The van der Waals surface area contributed by atoms with Crippen LogP contribution in [0.15, 0.2) is 0 Å². The first-order valence-corrected chi connectivity index (χ1v) is 5.95. The van der Waals surface area contributed by atoms with Crippen molar-refractivity contribution in [3.05, 3.63) is 0 Å². The van der Waals surface area contributed by atoms with Gasteiger partial charge in [0.25, 0.3) is 0 Å². The molecule has 0 radical (unpaired) electrons. The number of nitrogens with two attached hydrogens (primary N) is 1. The third kappa shape index (κ3) is 3.08. The van der Waals surface area contributed by atoms with Gasteiger partial charge >= 0.3 is 0 Å². The minimum Gasteiger partial charge on any atom is -0.303 e. The van der Waals surface area contributed by atoms with Gasteiger partial charge in [-0.1, -0.05) is 6.92 Å². The third-order valence-electron chi connectivity index (χ3n) is 2.29. The Morgan fingerprint density at radius 1 is 1.58 bits per heavy atom. The lowest BCUT2D eigenvalue weighted by atomic mass is 10.2. The Kier molecular flexibility index (Phi) is 3.09. The minimum absolute atomic E-state index is 0.142. The molecule has 0 amide bonds. The van der Waals surface area contributed by atoms with Crippen molar-refractivity contribution in [3.63, 3.8) is 0 Å². The molecule has 12 heavy (non-hydrogen) atoms. The average molecular weight is 192 g/mol. The summed E-state index contributed by atoms with van der Waals surface area (Å²) in [6.07, 6.45) is 0.963. The van der Waals surface area contributed by atoms with E-state index in [9.17, 15) is 8.42 Å². The van der Waals surface area contributed by atoms with E-state index < -0.39 is 10.0 Å². The zero-order valence-electron chi connectivity index (χ0n) is 7.36. The Morgan fingerprint density at radius 2 is 2.25 bits per heavy atom. The van der Waals surface area contributed by atoms with E-state index in [0.717, 1.165) is 26.1 Å². The van der Waals surface area contributed by atoms with Crippen LogP contribution in [0.2, 0.25) is 0 Å². The number of nitrogens with zero attached hydrogens (tertiary/aromatic N) is 1. The van der Waals surface area contributed by atoms with Gasteiger partial charge in [-0.3, -0.25) is 0 Å². The van der Waals surface area contributed by atoms with Crippen molar-refractivity contribution >= 4 is 10.0 Å². The molecule has 1 rings (SSSR count). The zero-order chi connectivity index (χ0) is 9.19. The largest absolute Gasteiger partial charge is 0.303 e. The van der Waals surface area contributed by atoms with Crippen LogP contribution in [0.3, 0.4) is 0 Å². The molecule has 2 N–H and O–H groups in total. The molecule has 1 atom stereocenters. The summed E-state index contributed by atoms with van der Waals surface area (Å²) in [6.45, 7) is 4.98. The monoisotopic (exact) mass is 192 g/mol. The van der Waals surface area contributed by atoms with Gasteiger partial charge in [0, 0.05) is 6.54 Å². The molecular weight excluding hydrogens is 176 g/mol. The summed E-state index contributed by atoms with van der Waals surface area (Å²) in [7, 11) is -3.27. The fraction of sp³-hybridized carbons (Fsp3) is 1.00. The molecule has 0 spiro atoms. The Morgan fingerprint density at radius 3 is 2.67 bits per heavy atom. The Hall–Kier alpha value is -0.130. The predicted molar refractivity (Wildman–Crippen MR) is 48.2 cm³/mol. The summed E-state index contributed by atoms with van der Waals surface area (Å²) >= 11 is 0. The van der Waals surface area contributed by atoms with Crippen molar-refractivity contribution in [1.82, 2.24) is 4.90 Å². The van der Waals surface area contributed by atoms with Crippen LogP contribution in [0.5, 0.6) is 0 Å². The molecule has 0 aliphatic carbocycles. The summed E-state index contributed by atoms with van der Waals surface area (Å²) in [4.78, 5) is 2.25. The van der Waals surface area contributed by atoms with Crippen molar-refractivity contribution in [2.24, 2.45) is 11.1 Å². The SMILES string of the molecule is CCN1CCC(CS(N)(=O)=O)C1. The maximum absolute atomic E-state index is 10.7. The highest BCUT2D eigenvalue weighted by Crippen LogP contribution is 2.16. The van der Waals surface area contributed by atoms with Gasteiger partial charge in [0.15, 0.2) is 0 Å². The van der Waals surface area contributed by atoms with Crippen LogP contribution in [-0.4, -0.2) is 38.7 Å². The molecule has 1 aliphatic rings. The van der Waals surface area contributed by atoms with E-state index in [1.54, 1.807) is 0 Å². The summed E-state index contributed by atoms with van der Waals surface area (Å²) in [5, 5.41) is 4.96. The number of hydrogen-bond acceptors (Lipinski definition) is 3. The molecule has 0 aromatic heterocycles. The second-order valence-corrected chi connectivity index (χ2v) is 5.04. The maximum atomic E-state index is 10.7. The molecule has 0 aromatic rings. The van der Waals surface area contributed by atoms with E-state index in [1.807, 2.05) is 0 Å². The van der Waals surface area contributed by atoms with Gasteiger partial charge in [0.05, 0.1) is 5.75 Å². The number of sulfonamides is 1. The van der Waals surface area contributed by atoms with Gasteiger partial charge < -0.3 is 4.90 Å². The van der Waals surface area contributed by atoms with E-state index in [0.29, 0.717) is 0 Å². The normalized spacial score (nSPS) is 26.3. The molecular formula is C7H16N2O2S. The van der Waals surface area contributed by atoms with Crippen LogP contribution in [0.25, 0.3) is 0 Å². The molecule has 5 heteroatoms. The summed E-state index contributed by atoms with van der Waals surface area (Å²) in [5.41, 5.74) is 0. The van der Waals surface area contributed by atoms with Gasteiger partial charge in [-0.15, -0.1) is 0 Å². The molecule has 1 fully saturated rings. The van der Waals surface area contributed by atoms with Crippen LogP contribution in [0.1, 0.15) is 13.3 Å². The lowest BCUT2D eigenvalue weighted by Gasteiger charge is -2.11. The van der Waals surface area contributed by atoms with Crippen LogP contribution in [-0.2, 0) is 10.0 Å². The smallest absolute Gasteiger partial charge is 0.209 e. The van der Waals surface area contributed by atoms with Crippen molar-refractivity contribution < 1.29 is 8.42 Å². The lowest BCUT2D eigenvalue weighted by Crippen LogP contribution is -2.26. The maximum Gasteiger partial charge on any atom is 0.209 e. The fourth-order valence-electron chi connectivity index (χ4n) is 1.66. The van der Waals surface area contributed by atoms with Gasteiger partial charge in [-0.25, -0.2) is 13.6 Å². The second-order valence-electron chi connectivity index (χ2n) is 3.38. The van der Waals surface area contributed by atoms with Gasteiger partial charge in [0.1, 0.15) is 0 Å². The highest BCUT2D eigenvalue weighted by atomic mass is 32.2. The molecule has 4 nitrogen and oxygen atoms in total. The first-order valence-electron chi connectivity index (χ1n) is 4.24. The van der Waals surface area contributed by atoms with Crippen LogP contribution < -0.4 is 5.14 Å². The first kappa shape index (κ1) is 9.95. The molecule has 1 saturated heterocycles. The minimum atomic E-state index is -3.27. The van der Waals surface area contributed by atoms with Gasteiger partial charge in [0.2, 0.25) is 10.0 Å². The van der Waals surface area contributed by atoms with E-state index in [2.05, 4.69) is 11.8 Å². The highest BCUT2D eigenvalue weighted by molar-refractivity contribution is 7.89. The molecule has 0 aromatic carbocycles. The molecule has 1 aliphatic heterocycles. The van der Waals surface area contributed by atoms with E-state index in [-0.39, 0.29) is 11.7 Å². The molecule has 1 unspecified atom stereocenters. The van der Waals surface area contributed by atoms with E-state index in [4.69, 9.17) is 5.14 Å². The molecule has 72 valence electrons. The topological polar surface area (TPSA) is 63.4 Å². The number of rotatable bonds is 3. The van der Waals surface area contributed by atoms with Crippen molar-refractivity contribution in [2.45, 2.75) is 13.3 Å². The summed E-state index contributed by atoms with van der Waals surface area (Å²) in [6, 6.07) is 0. The number of hydrogen-bond donors (Lipinski definition) is 1. The van der Waals surface area contributed by atoms with Crippen molar-refractivity contribution in [2.75, 3.05) is 25.4 Å². The summed E-state index contributed by atoms with van der Waals surface area (Å²) in [5.74, 6) is 0.392. The Bertz CT molecular complexity index is 238. The van der Waals surface area contributed by atoms with E-state index >= 15 is 0 Å². The fourth-order valence-corrected chi connectivity index (χ4v) is 2.59. The second kappa shape index (κ2) is 3.72. The first-order chi connectivity index (χ1) is 5.51. The third-order valence-corrected chi connectivity index (χ3v) is 3.22. The van der Waals surface area contributed by atoms with Gasteiger partial charge in [-0.05, 0) is 25.4 Å². The Balaban J connectivity index is 2.38. The highest BCUT2D eigenvalue weighted by Gasteiger charge is 2.24. The van der Waals surface area contributed by atoms with E-state index in [1.165, 1.54) is 0 Å².